The number of hydrogen-bond donors (Lipinski definition) is 1. The van der Waals surface area contributed by atoms with Crippen LogP contribution < -0.4 is 0 Å². The molecular formula is C17H19NO3. The van der Waals surface area contributed by atoms with E-state index in [4.69, 9.17) is 4.42 Å². The van der Waals surface area contributed by atoms with Gasteiger partial charge in [-0.25, -0.2) is 4.79 Å². The van der Waals surface area contributed by atoms with E-state index >= 15 is 0 Å². The molecule has 0 saturated heterocycles. The molecule has 0 atom stereocenters. The molecule has 0 unspecified atom stereocenters. The van der Waals surface area contributed by atoms with Gasteiger partial charge in [-0.15, -0.1) is 0 Å². The average Bonchev–Trinajstić information content (AvgIpc) is 3.36. The maximum Gasteiger partial charge on any atom is 0.372 e. The van der Waals surface area contributed by atoms with Crippen molar-refractivity contribution in [3.63, 3.8) is 0 Å². The van der Waals surface area contributed by atoms with Gasteiger partial charge in [0.2, 0.25) is 5.76 Å². The monoisotopic (exact) mass is 285 g/mol. The molecule has 0 aliphatic heterocycles. The van der Waals surface area contributed by atoms with E-state index in [1.54, 1.807) is 0 Å². The quantitative estimate of drug-likeness (QED) is 0.882. The van der Waals surface area contributed by atoms with Gasteiger partial charge in [-0.2, -0.15) is 0 Å². The van der Waals surface area contributed by atoms with Crippen molar-refractivity contribution in [2.75, 3.05) is 6.54 Å². The second kappa shape index (κ2) is 4.88. The molecule has 21 heavy (non-hydrogen) atoms. The van der Waals surface area contributed by atoms with Crippen LogP contribution in [0.3, 0.4) is 0 Å². The van der Waals surface area contributed by atoms with Crippen LogP contribution in [0.15, 0.2) is 28.7 Å². The highest BCUT2D eigenvalue weighted by Gasteiger charge is 2.35. The molecule has 0 radical (unpaired) electrons. The second-order valence-corrected chi connectivity index (χ2v) is 6.32. The molecule has 0 amide bonds. The second-order valence-electron chi connectivity index (χ2n) is 6.32. The molecule has 4 nitrogen and oxygen atoms in total. The Bertz CT molecular complexity index is 682. The number of rotatable bonds is 6. The Morgan fingerprint density at radius 1 is 1.24 bits per heavy atom. The zero-order valence-electron chi connectivity index (χ0n) is 11.9. The molecule has 2 aliphatic rings. The van der Waals surface area contributed by atoms with Gasteiger partial charge >= 0.3 is 5.97 Å². The molecular weight excluding hydrogens is 266 g/mol. The summed E-state index contributed by atoms with van der Waals surface area (Å²) in [6, 6.07) is 8.26. The molecule has 4 heteroatoms. The zero-order chi connectivity index (χ0) is 14.4. The summed E-state index contributed by atoms with van der Waals surface area (Å²) in [5.41, 5.74) is 1.51. The van der Waals surface area contributed by atoms with Crippen molar-refractivity contribution in [1.29, 1.82) is 0 Å². The fraction of sp³-hybridized carbons (Fsp3) is 0.471. The fourth-order valence-corrected chi connectivity index (χ4v) is 3.05. The SMILES string of the molecule is O=C(O)c1oc2ccccc2c1CN(CC1CC1)C1CC1. The summed E-state index contributed by atoms with van der Waals surface area (Å²) < 4.78 is 5.56. The van der Waals surface area contributed by atoms with Gasteiger partial charge in [0.05, 0.1) is 0 Å². The van der Waals surface area contributed by atoms with E-state index in [1.807, 2.05) is 24.3 Å². The lowest BCUT2D eigenvalue weighted by molar-refractivity contribution is 0.0661. The van der Waals surface area contributed by atoms with Crippen molar-refractivity contribution in [2.45, 2.75) is 38.3 Å². The largest absolute Gasteiger partial charge is 0.475 e. The fourth-order valence-electron chi connectivity index (χ4n) is 3.05. The van der Waals surface area contributed by atoms with E-state index in [9.17, 15) is 9.90 Å². The Morgan fingerprint density at radius 3 is 2.67 bits per heavy atom. The Kier molecular flexibility index (Phi) is 3.00. The van der Waals surface area contributed by atoms with Gasteiger partial charge in [0.1, 0.15) is 5.58 Å². The molecule has 2 saturated carbocycles. The normalized spacial score (nSPS) is 18.5. The Morgan fingerprint density at radius 2 is 2.00 bits per heavy atom. The highest BCUT2D eigenvalue weighted by molar-refractivity contribution is 5.95. The number of benzene rings is 1. The number of carboxylic acids is 1. The van der Waals surface area contributed by atoms with Gasteiger partial charge in [-0.1, -0.05) is 18.2 Å². The average molecular weight is 285 g/mol. The lowest BCUT2D eigenvalue weighted by Crippen LogP contribution is -2.28. The minimum Gasteiger partial charge on any atom is -0.475 e. The molecule has 1 heterocycles. The molecule has 1 aromatic carbocycles. The van der Waals surface area contributed by atoms with Crippen LogP contribution in [0.4, 0.5) is 0 Å². The van der Waals surface area contributed by atoms with Gasteiger partial charge in [-0.3, -0.25) is 4.90 Å². The van der Waals surface area contributed by atoms with Crippen molar-refractivity contribution >= 4 is 16.9 Å². The summed E-state index contributed by atoms with van der Waals surface area (Å²) in [5.74, 6) is -0.0435. The van der Waals surface area contributed by atoms with E-state index in [1.165, 1.54) is 25.7 Å². The Balaban J connectivity index is 1.69. The molecule has 2 aliphatic carbocycles. The maximum atomic E-state index is 11.5. The number of hydrogen-bond acceptors (Lipinski definition) is 3. The molecule has 0 spiro atoms. The molecule has 1 aromatic heterocycles. The highest BCUT2D eigenvalue weighted by Crippen LogP contribution is 2.37. The minimum absolute atomic E-state index is 0.109. The van der Waals surface area contributed by atoms with Crippen LogP contribution in [-0.4, -0.2) is 28.6 Å². The number of carboxylic acid groups (broad SMARTS) is 1. The number of para-hydroxylation sites is 1. The van der Waals surface area contributed by atoms with E-state index in [2.05, 4.69) is 4.90 Å². The maximum absolute atomic E-state index is 11.5. The minimum atomic E-state index is -0.969. The third-order valence-corrected chi connectivity index (χ3v) is 4.51. The standard InChI is InChI=1S/C17H19NO3/c19-17(20)16-14(13-3-1-2-4-15(13)21-16)10-18(12-7-8-12)9-11-5-6-11/h1-4,11-12H,5-10H2,(H,19,20). The van der Waals surface area contributed by atoms with Crippen LogP contribution in [0.2, 0.25) is 0 Å². The number of aromatic carboxylic acids is 1. The first-order valence-electron chi connectivity index (χ1n) is 7.70. The number of nitrogens with zero attached hydrogens (tertiary/aromatic N) is 1. The van der Waals surface area contributed by atoms with Crippen molar-refractivity contribution in [1.82, 2.24) is 4.90 Å². The summed E-state index contributed by atoms with van der Waals surface area (Å²) in [4.78, 5) is 13.9. The summed E-state index contributed by atoms with van der Waals surface area (Å²) in [5, 5.41) is 10.4. The zero-order valence-corrected chi connectivity index (χ0v) is 11.9. The third kappa shape index (κ3) is 2.56. The van der Waals surface area contributed by atoms with E-state index < -0.39 is 5.97 Å². The summed E-state index contributed by atoms with van der Waals surface area (Å²) in [6.45, 7) is 1.79. The number of fused-ring (bicyclic) bond motifs is 1. The van der Waals surface area contributed by atoms with Gasteiger partial charge in [-0.05, 0) is 37.7 Å². The first-order valence-corrected chi connectivity index (χ1v) is 7.70. The molecule has 0 bridgehead atoms. The molecule has 4 rings (SSSR count). The first-order chi connectivity index (χ1) is 10.2. The van der Waals surface area contributed by atoms with E-state index in [0.717, 1.165) is 23.4 Å². The van der Waals surface area contributed by atoms with Gasteiger partial charge in [0.25, 0.3) is 0 Å². The lowest BCUT2D eigenvalue weighted by Gasteiger charge is -2.21. The third-order valence-electron chi connectivity index (χ3n) is 4.51. The van der Waals surface area contributed by atoms with Crippen molar-refractivity contribution in [2.24, 2.45) is 5.92 Å². The van der Waals surface area contributed by atoms with Crippen LogP contribution in [0, 0.1) is 5.92 Å². The van der Waals surface area contributed by atoms with Crippen LogP contribution in [-0.2, 0) is 6.54 Å². The van der Waals surface area contributed by atoms with E-state index in [-0.39, 0.29) is 5.76 Å². The summed E-state index contributed by atoms with van der Waals surface area (Å²) in [7, 11) is 0. The van der Waals surface area contributed by atoms with Crippen LogP contribution >= 0.6 is 0 Å². The molecule has 110 valence electrons. The number of carbonyl (C=O) groups is 1. The Hall–Kier alpha value is -1.81. The van der Waals surface area contributed by atoms with Crippen molar-refractivity contribution in [3.05, 3.63) is 35.6 Å². The molecule has 2 aromatic rings. The molecule has 2 fully saturated rings. The predicted octanol–water partition coefficient (Wildman–Crippen LogP) is 3.51. The van der Waals surface area contributed by atoms with Gasteiger partial charge in [0.15, 0.2) is 0 Å². The summed E-state index contributed by atoms with van der Waals surface area (Å²) >= 11 is 0. The van der Waals surface area contributed by atoms with Crippen LogP contribution in [0.25, 0.3) is 11.0 Å². The van der Waals surface area contributed by atoms with Crippen molar-refractivity contribution in [3.8, 4) is 0 Å². The summed E-state index contributed by atoms with van der Waals surface area (Å²) in [6.07, 6.45) is 5.12. The van der Waals surface area contributed by atoms with Crippen LogP contribution in [0.1, 0.15) is 41.8 Å². The smallest absolute Gasteiger partial charge is 0.372 e. The van der Waals surface area contributed by atoms with E-state index in [0.29, 0.717) is 18.2 Å². The highest BCUT2D eigenvalue weighted by atomic mass is 16.4. The topological polar surface area (TPSA) is 53.7 Å². The van der Waals surface area contributed by atoms with Crippen LogP contribution in [0.5, 0.6) is 0 Å². The van der Waals surface area contributed by atoms with Gasteiger partial charge in [0, 0.05) is 30.1 Å². The molecule has 1 N–H and O–H groups in total. The van der Waals surface area contributed by atoms with Crippen molar-refractivity contribution < 1.29 is 14.3 Å². The lowest BCUT2D eigenvalue weighted by atomic mass is 10.1. The Labute approximate surface area is 123 Å². The predicted molar refractivity (Wildman–Crippen MR) is 79.3 cm³/mol. The van der Waals surface area contributed by atoms with Gasteiger partial charge < -0.3 is 9.52 Å². The first kappa shape index (κ1) is 12.9. The number of furan rings is 1.